The van der Waals surface area contributed by atoms with Gasteiger partial charge in [-0.1, -0.05) is 42.0 Å². The Kier molecular flexibility index (Phi) is 3.86. The second-order valence-corrected chi connectivity index (χ2v) is 7.50. The molecule has 0 aliphatic carbocycles. The number of aliphatic hydroxyl groups is 1. The highest BCUT2D eigenvalue weighted by atomic mass is 16.5. The molecule has 2 aliphatic rings. The van der Waals surface area contributed by atoms with Gasteiger partial charge >= 0.3 is 0 Å². The molecule has 1 saturated heterocycles. The maximum Gasteiger partial charge on any atom is 0.122 e. The van der Waals surface area contributed by atoms with Gasteiger partial charge in [0.05, 0.1) is 13.2 Å². The lowest BCUT2D eigenvalue weighted by atomic mass is 9.74. The average Bonchev–Trinajstić information content (AvgIpc) is 2.97. The van der Waals surface area contributed by atoms with E-state index >= 15 is 0 Å². The summed E-state index contributed by atoms with van der Waals surface area (Å²) in [6, 6.07) is 15.0. The van der Waals surface area contributed by atoms with Crippen LogP contribution in [0.3, 0.4) is 0 Å². The normalized spacial score (nSPS) is 25.9. The lowest BCUT2D eigenvalue weighted by Crippen LogP contribution is -2.42. The van der Waals surface area contributed by atoms with E-state index < -0.39 is 0 Å². The SMILES string of the molecule is Cc1ccc(C)c(CN2C[C@@H]3c4ccccc4OC[C@]3(CO)C2)c1. The Balaban J connectivity index is 1.62. The van der Waals surface area contributed by atoms with Crippen molar-refractivity contribution in [3.63, 3.8) is 0 Å². The second-order valence-electron chi connectivity index (χ2n) is 7.50. The fourth-order valence-corrected chi connectivity index (χ4v) is 4.31. The van der Waals surface area contributed by atoms with E-state index in [0.29, 0.717) is 12.5 Å². The molecule has 0 amide bonds. The number of rotatable bonds is 3. The highest BCUT2D eigenvalue weighted by molar-refractivity contribution is 5.41. The number of benzene rings is 2. The van der Waals surface area contributed by atoms with Crippen LogP contribution in [0.15, 0.2) is 42.5 Å². The molecule has 2 atom stereocenters. The zero-order chi connectivity index (χ0) is 16.7. The molecule has 3 nitrogen and oxygen atoms in total. The minimum atomic E-state index is -0.175. The van der Waals surface area contributed by atoms with Crippen molar-refractivity contribution in [1.82, 2.24) is 4.90 Å². The topological polar surface area (TPSA) is 32.7 Å². The van der Waals surface area contributed by atoms with Gasteiger partial charge in [0.1, 0.15) is 5.75 Å². The third-order valence-corrected chi connectivity index (χ3v) is 5.74. The van der Waals surface area contributed by atoms with E-state index in [4.69, 9.17) is 4.74 Å². The van der Waals surface area contributed by atoms with Gasteiger partial charge in [0.25, 0.3) is 0 Å². The van der Waals surface area contributed by atoms with Crippen LogP contribution in [0.5, 0.6) is 5.75 Å². The Bertz CT molecular complexity index is 757. The van der Waals surface area contributed by atoms with Gasteiger partial charge in [0.2, 0.25) is 0 Å². The van der Waals surface area contributed by atoms with Crippen LogP contribution in [0, 0.1) is 19.3 Å². The van der Waals surface area contributed by atoms with E-state index in [1.807, 2.05) is 12.1 Å². The standard InChI is InChI=1S/C21H25NO2/c1-15-7-8-16(2)17(9-15)10-22-11-19-18-5-3-4-6-20(18)24-14-21(19,12-22)13-23/h3-9,19,23H,10-14H2,1-2H3/t19-,21-/m1/s1. The van der Waals surface area contributed by atoms with Crippen LogP contribution in [0.1, 0.15) is 28.2 Å². The summed E-state index contributed by atoms with van der Waals surface area (Å²) in [6.07, 6.45) is 0. The highest BCUT2D eigenvalue weighted by Gasteiger charge is 2.50. The third-order valence-electron chi connectivity index (χ3n) is 5.74. The number of nitrogens with zero attached hydrogens (tertiary/aromatic N) is 1. The molecule has 0 bridgehead atoms. The minimum absolute atomic E-state index is 0.175. The first kappa shape index (κ1) is 15.7. The number of para-hydroxylation sites is 1. The molecule has 2 aliphatic heterocycles. The predicted molar refractivity (Wildman–Crippen MR) is 95.4 cm³/mol. The summed E-state index contributed by atoms with van der Waals surface area (Å²) in [7, 11) is 0. The van der Waals surface area contributed by atoms with Gasteiger partial charge in [-0.15, -0.1) is 0 Å². The molecular weight excluding hydrogens is 298 g/mol. The summed E-state index contributed by atoms with van der Waals surface area (Å²) in [6.45, 7) is 7.91. The van der Waals surface area contributed by atoms with E-state index in [-0.39, 0.29) is 12.0 Å². The summed E-state index contributed by atoms with van der Waals surface area (Å²) in [5.41, 5.74) is 5.10. The first-order chi connectivity index (χ1) is 11.6. The number of aryl methyl sites for hydroxylation is 2. The van der Waals surface area contributed by atoms with Gasteiger partial charge in [-0.05, 0) is 36.6 Å². The number of likely N-dealkylation sites (tertiary alicyclic amines) is 1. The molecule has 0 unspecified atom stereocenters. The molecule has 0 aromatic heterocycles. The van der Waals surface area contributed by atoms with Crippen LogP contribution in [0.25, 0.3) is 0 Å². The molecule has 0 saturated carbocycles. The zero-order valence-electron chi connectivity index (χ0n) is 14.5. The first-order valence-corrected chi connectivity index (χ1v) is 8.72. The van der Waals surface area contributed by atoms with Gasteiger partial charge in [-0.3, -0.25) is 4.90 Å². The van der Waals surface area contributed by atoms with Crippen LogP contribution < -0.4 is 4.74 Å². The van der Waals surface area contributed by atoms with Crippen LogP contribution in [0.2, 0.25) is 0 Å². The molecule has 126 valence electrons. The summed E-state index contributed by atoms with van der Waals surface area (Å²) < 4.78 is 5.99. The molecule has 2 heterocycles. The fraction of sp³-hybridized carbons (Fsp3) is 0.429. The third kappa shape index (κ3) is 2.52. The Labute approximate surface area is 143 Å². The molecule has 0 spiro atoms. The molecule has 1 fully saturated rings. The molecule has 0 radical (unpaired) electrons. The van der Waals surface area contributed by atoms with E-state index in [1.165, 1.54) is 22.3 Å². The van der Waals surface area contributed by atoms with Crippen molar-refractivity contribution in [3.05, 3.63) is 64.7 Å². The quantitative estimate of drug-likeness (QED) is 0.941. The average molecular weight is 323 g/mol. The zero-order valence-corrected chi connectivity index (χ0v) is 14.5. The van der Waals surface area contributed by atoms with Crippen LogP contribution in [0.4, 0.5) is 0 Å². The van der Waals surface area contributed by atoms with E-state index in [2.05, 4.69) is 49.1 Å². The van der Waals surface area contributed by atoms with Crippen molar-refractivity contribution in [2.75, 3.05) is 26.3 Å². The number of ether oxygens (including phenoxy) is 1. The number of hydrogen-bond donors (Lipinski definition) is 1. The van der Waals surface area contributed by atoms with Gasteiger partial charge < -0.3 is 9.84 Å². The molecule has 24 heavy (non-hydrogen) atoms. The van der Waals surface area contributed by atoms with Gasteiger partial charge in [0.15, 0.2) is 0 Å². The second kappa shape index (κ2) is 5.91. The Morgan fingerprint density at radius 2 is 2.04 bits per heavy atom. The molecule has 2 aromatic rings. The van der Waals surface area contributed by atoms with E-state index in [9.17, 15) is 5.11 Å². The van der Waals surface area contributed by atoms with Crippen molar-refractivity contribution in [3.8, 4) is 5.75 Å². The summed E-state index contributed by atoms with van der Waals surface area (Å²) in [5, 5.41) is 10.2. The van der Waals surface area contributed by atoms with Gasteiger partial charge in [-0.2, -0.15) is 0 Å². The highest BCUT2D eigenvalue weighted by Crippen LogP contribution is 2.49. The fourth-order valence-electron chi connectivity index (χ4n) is 4.31. The van der Waals surface area contributed by atoms with Crippen LogP contribution in [-0.4, -0.2) is 36.3 Å². The number of fused-ring (bicyclic) bond motifs is 3. The number of hydrogen-bond acceptors (Lipinski definition) is 3. The molecule has 3 heteroatoms. The lowest BCUT2D eigenvalue weighted by molar-refractivity contribution is 0.0457. The Hall–Kier alpha value is -1.84. The van der Waals surface area contributed by atoms with Crippen molar-refractivity contribution in [2.45, 2.75) is 26.3 Å². The Morgan fingerprint density at radius 1 is 1.21 bits per heavy atom. The largest absolute Gasteiger partial charge is 0.493 e. The van der Waals surface area contributed by atoms with Crippen molar-refractivity contribution in [2.24, 2.45) is 5.41 Å². The van der Waals surface area contributed by atoms with Gasteiger partial charge in [-0.25, -0.2) is 0 Å². The molecular formula is C21H25NO2. The molecule has 1 N–H and O–H groups in total. The van der Waals surface area contributed by atoms with Crippen molar-refractivity contribution < 1.29 is 9.84 Å². The maximum atomic E-state index is 10.2. The summed E-state index contributed by atoms with van der Waals surface area (Å²) in [4.78, 5) is 2.48. The van der Waals surface area contributed by atoms with E-state index in [0.717, 1.165) is 25.4 Å². The molecule has 4 rings (SSSR count). The van der Waals surface area contributed by atoms with Crippen LogP contribution in [-0.2, 0) is 6.54 Å². The summed E-state index contributed by atoms with van der Waals surface area (Å²) in [5.74, 6) is 1.33. The number of aliphatic hydroxyl groups excluding tert-OH is 1. The Morgan fingerprint density at radius 3 is 2.88 bits per heavy atom. The lowest BCUT2D eigenvalue weighted by Gasteiger charge is -2.38. The predicted octanol–water partition coefficient (Wildman–Crippen LogP) is 3.27. The van der Waals surface area contributed by atoms with Crippen molar-refractivity contribution >= 4 is 0 Å². The van der Waals surface area contributed by atoms with E-state index in [1.54, 1.807) is 0 Å². The molecule has 2 aromatic carbocycles. The van der Waals surface area contributed by atoms with Gasteiger partial charge in [0, 0.05) is 31.0 Å². The first-order valence-electron chi connectivity index (χ1n) is 8.72. The monoisotopic (exact) mass is 323 g/mol. The maximum absolute atomic E-state index is 10.2. The van der Waals surface area contributed by atoms with Crippen LogP contribution >= 0.6 is 0 Å². The smallest absolute Gasteiger partial charge is 0.122 e. The van der Waals surface area contributed by atoms with Crippen molar-refractivity contribution in [1.29, 1.82) is 0 Å². The minimum Gasteiger partial charge on any atom is -0.493 e. The summed E-state index contributed by atoms with van der Waals surface area (Å²) >= 11 is 0.